The third-order valence-electron chi connectivity index (χ3n) is 6.67. The fraction of sp³-hybridized carbons (Fsp3) is 0.364. The molecule has 0 aromatic heterocycles. The number of ether oxygens (including phenoxy) is 1. The standard InChI is InChI=1S/C33H40FNO4/c1-21(2)15-26-17-25(13-14-30(26)32(37)38)29-10-8-7-9-28(29)23(4)39-20-27(36)19-35-33(5,6)18-24-12-11-22(3)31(34)16-24/h7-17,23,27,35-36H,18-20H2,1-6H3,(H,37,38)/t23-,27-/m1/s1. The van der Waals surface area contributed by atoms with Gasteiger partial charge in [-0.25, -0.2) is 9.18 Å². The second-order valence-corrected chi connectivity index (χ2v) is 11.1. The molecule has 0 aliphatic carbocycles. The molecule has 3 rings (SSSR count). The van der Waals surface area contributed by atoms with Crippen molar-refractivity contribution in [3.8, 4) is 11.1 Å². The van der Waals surface area contributed by atoms with E-state index >= 15 is 0 Å². The Balaban J connectivity index is 1.65. The van der Waals surface area contributed by atoms with Crippen LogP contribution in [0.15, 0.2) is 66.2 Å². The van der Waals surface area contributed by atoms with Gasteiger partial charge in [0.25, 0.3) is 0 Å². The third kappa shape index (κ3) is 8.59. The minimum absolute atomic E-state index is 0.138. The van der Waals surface area contributed by atoms with E-state index in [0.29, 0.717) is 24.1 Å². The second-order valence-electron chi connectivity index (χ2n) is 11.1. The Kier molecular flexibility index (Phi) is 10.2. The van der Waals surface area contributed by atoms with Crippen LogP contribution in [0, 0.1) is 12.7 Å². The topological polar surface area (TPSA) is 78.8 Å². The van der Waals surface area contributed by atoms with Gasteiger partial charge in [-0.15, -0.1) is 0 Å². The fourth-order valence-corrected chi connectivity index (χ4v) is 4.59. The number of carbonyl (C=O) groups is 1. The van der Waals surface area contributed by atoms with E-state index in [2.05, 4.69) is 5.32 Å². The number of allylic oxidation sites excluding steroid dienone is 1. The van der Waals surface area contributed by atoms with E-state index in [1.54, 1.807) is 25.1 Å². The molecule has 3 aromatic carbocycles. The molecule has 0 amide bonds. The van der Waals surface area contributed by atoms with Crippen LogP contribution in [0.5, 0.6) is 0 Å². The molecule has 3 aromatic rings. The summed E-state index contributed by atoms with van der Waals surface area (Å²) in [5.74, 6) is -1.17. The van der Waals surface area contributed by atoms with Crippen molar-refractivity contribution in [2.75, 3.05) is 13.2 Å². The first-order chi connectivity index (χ1) is 18.4. The lowest BCUT2D eigenvalue weighted by Gasteiger charge is -2.28. The first-order valence-electron chi connectivity index (χ1n) is 13.3. The molecule has 208 valence electrons. The second kappa shape index (κ2) is 13.2. The quantitative estimate of drug-likeness (QED) is 0.234. The Morgan fingerprint density at radius 1 is 1.10 bits per heavy atom. The van der Waals surface area contributed by atoms with Crippen molar-refractivity contribution in [1.29, 1.82) is 0 Å². The minimum Gasteiger partial charge on any atom is -0.478 e. The molecule has 0 fully saturated rings. The van der Waals surface area contributed by atoms with Crippen LogP contribution < -0.4 is 5.32 Å². The van der Waals surface area contributed by atoms with Gasteiger partial charge in [0.05, 0.1) is 24.4 Å². The van der Waals surface area contributed by atoms with Gasteiger partial charge in [0.15, 0.2) is 0 Å². The van der Waals surface area contributed by atoms with Crippen molar-refractivity contribution >= 4 is 12.0 Å². The molecule has 5 nitrogen and oxygen atoms in total. The Labute approximate surface area is 231 Å². The lowest BCUT2D eigenvalue weighted by molar-refractivity contribution is -0.00397. The Hall–Kier alpha value is -3.32. The highest BCUT2D eigenvalue weighted by atomic mass is 19.1. The first kappa shape index (κ1) is 30.2. The number of benzene rings is 3. The molecule has 0 aliphatic rings. The zero-order valence-electron chi connectivity index (χ0n) is 23.7. The average Bonchev–Trinajstić information content (AvgIpc) is 2.87. The highest BCUT2D eigenvalue weighted by Gasteiger charge is 2.21. The van der Waals surface area contributed by atoms with E-state index in [-0.39, 0.29) is 29.6 Å². The van der Waals surface area contributed by atoms with E-state index in [9.17, 15) is 19.4 Å². The highest BCUT2D eigenvalue weighted by molar-refractivity contribution is 5.93. The monoisotopic (exact) mass is 533 g/mol. The van der Waals surface area contributed by atoms with E-state index in [0.717, 1.165) is 27.8 Å². The summed E-state index contributed by atoms with van der Waals surface area (Å²) in [5, 5.41) is 23.6. The van der Waals surface area contributed by atoms with Crippen LogP contribution in [-0.2, 0) is 11.2 Å². The van der Waals surface area contributed by atoms with Crippen molar-refractivity contribution in [2.45, 2.75) is 65.7 Å². The lowest BCUT2D eigenvalue weighted by Crippen LogP contribution is -2.46. The van der Waals surface area contributed by atoms with Gasteiger partial charge in [0.2, 0.25) is 0 Å². The van der Waals surface area contributed by atoms with Gasteiger partial charge < -0.3 is 20.3 Å². The summed E-state index contributed by atoms with van der Waals surface area (Å²) in [4.78, 5) is 11.7. The summed E-state index contributed by atoms with van der Waals surface area (Å²) in [6.07, 6.45) is 1.46. The van der Waals surface area contributed by atoms with Crippen LogP contribution in [0.3, 0.4) is 0 Å². The average molecular weight is 534 g/mol. The molecule has 0 saturated carbocycles. The van der Waals surface area contributed by atoms with Gasteiger partial charge in [0.1, 0.15) is 5.82 Å². The number of aliphatic hydroxyl groups is 1. The van der Waals surface area contributed by atoms with Crippen LogP contribution in [0.25, 0.3) is 17.2 Å². The van der Waals surface area contributed by atoms with Crippen molar-refractivity contribution < 1.29 is 24.1 Å². The number of β-amino-alcohol motifs (C(OH)–C–C–N with tert-alkyl or cyclic N) is 1. The van der Waals surface area contributed by atoms with E-state index in [1.807, 2.05) is 83.2 Å². The van der Waals surface area contributed by atoms with Gasteiger partial charge in [-0.1, -0.05) is 54.1 Å². The highest BCUT2D eigenvalue weighted by Crippen LogP contribution is 2.32. The number of carboxylic acid groups (broad SMARTS) is 1. The predicted molar refractivity (Wildman–Crippen MR) is 155 cm³/mol. The zero-order chi connectivity index (χ0) is 28.7. The molecule has 0 unspecified atom stereocenters. The molecule has 0 bridgehead atoms. The summed E-state index contributed by atoms with van der Waals surface area (Å²) in [6.45, 7) is 12.1. The van der Waals surface area contributed by atoms with Gasteiger partial charge in [-0.05, 0) is 99.5 Å². The Bertz CT molecular complexity index is 1330. The molecule has 3 N–H and O–H groups in total. The summed E-state index contributed by atoms with van der Waals surface area (Å²) in [5.41, 5.74) is 5.90. The smallest absolute Gasteiger partial charge is 0.336 e. The molecular formula is C33H40FNO4. The summed E-state index contributed by atoms with van der Waals surface area (Å²) in [7, 11) is 0. The molecule has 0 aliphatic heterocycles. The predicted octanol–water partition coefficient (Wildman–Crippen LogP) is 6.97. The molecular weight excluding hydrogens is 493 g/mol. The zero-order valence-corrected chi connectivity index (χ0v) is 23.7. The summed E-state index contributed by atoms with van der Waals surface area (Å²) in [6, 6.07) is 18.5. The van der Waals surface area contributed by atoms with Crippen LogP contribution in [-0.4, -0.2) is 41.0 Å². The van der Waals surface area contributed by atoms with E-state index in [1.165, 1.54) is 0 Å². The maximum atomic E-state index is 13.9. The molecule has 2 atom stereocenters. The maximum Gasteiger partial charge on any atom is 0.336 e. The van der Waals surface area contributed by atoms with Gasteiger partial charge >= 0.3 is 5.97 Å². The summed E-state index contributed by atoms with van der Waals surface area (Å²) >= 11 is 0. The van der Waals surface area contributed by atoms with Crippen LogP contribution in [0.2, 0.25) is 0 Å². The minimum atomic E-state index is -0.962. The van der Waals surface area contributed by atoms with E-state index < -0.39 is 12.1 Å². The Morgan fingerprint density at radius 3 is 2.49 bits per heavy atom. The summed E-state index contributed by atoms with van der Waals surface area (Å²) < 4.78 is 20.0. The van der Waals surface area contributed by atoms with Crippen molar-refractivity contribution in [3.63, 3.8) is 0 Å². The third-order valence-corrected chi connectivity index (χ3v) is 6.67. The number of halogens is 1. The first-order valence-corrected chi connectivity index (χ1v) is 13.3. The number of carboxylic acids is 1. The number of nitrogens with one attached hydrogen (secondary N) is 1. The fourth-order valence-electron chi connectivity index (χ4n) is 4.59. The van der Waals surface area contributed by atoms with Gasteiger partial charge in [-0.3, -0.25) is 0 Å². The normalized spacial score (nSPS) is 13.1. The van der Waals surface area contributed by atoms with Crippen molar-refractivity contribution in [3.05, 3.63) is 99.9 Å². The maximum absolute atomic E-state index is 13.9. The molecule has 0 saturated heterocycles. The van der Waals surface area contributed by atoms with Crippen LogP contribution in [0.1, 0.15) is 73.3 Å². The van der Waals surface area contributed by atoms with Gasteiger partial charge in [0, 0.05) is 12.1 Å². The number of aromatic carboxylic acids is 1. The molecule has 0 spiro atoms. The van der Waals surface area contributed by atoms with Crippen LogP contribution >= 0.6 is 0 Å². The number of rotatable bonds is 12. The molecule has 0 heterocycles. The van der Waals surface area contributed by atoms with E-state index in [4.69, 9.17) is 4.74 Å². The molecule has 39 heavy (non-hydrogen) atoms. The number of aryl methyl sites for hydroxylation is 1. The largest absolute Gasteiger partial charge is 0.478 e. The number of hydrogen-bond acceptors (Lipinski definition) is 4. The molecule has 0 radical (unpaired) electrons. The molecule has 6 heteroatoms. The number of aliphatic hydroxyl groups excluding tert-OH is 1. The van der Waals surface area contributed by atoms with Crippen LogP contribution in [0.4, 0.5) is 4.39 Å². The Morgan fingerprint density at radius 2 is 1.82 bits per heavy atom. The number of hydrogen-bond donors (Lipinski definition) is 3. The SMILES string of the molecule is CC(C)=Cc1cc(-c2ccccc2[C@@H](C)OC[C@H](O)CNC(C)(C)Cc2ccc(C)c(F)c2)ccc1C(=O)O. The lowest BCUT2D eigenvalue weighted by atomic mass is 9.93. The van der Waals surface area contributed by atoms with Crippen molar-refractivity contribution in [2.24, 2.45) is 0 Å². The van der Waals surface area contributed by atoms with Gasteiger partial charge in [-0.2, -0.15) is 0 Å². The van der Waals surface area contributed by atoms with Crippen molar-refractivity contribution in [1.82, 2.24) is 5.32 Å².